The molecule has 1 aromatic heterocycles. The average molecular weight is 297 g/mol. The van der Waals surface area contributed by atoms with Crippen LogP contribution < -0.4 is 5.32 Å². The normalized spacial score (nSPS) is 21.2. The van der Waals surface area contributed by atoms with Gasteiger partial charge in [0.2, 0.25) is 0 Å². The highest BCUT2D eigenvalue weighted by atomic mass is 16.3. The van der Waals surface area contributed by atoms with E-state index >= 15 is 0 Å². The fourth-order valence-electron chi connectivity index (χ4n) is 2.61. The molecule has 0 aliphatic carbocycles. The molecule has 1 N–H and O–H groups in total. The second kappa shape index (κ2) is 5.19. The second-order valence-corrected chi connectivity index (χ2v) is 5.42. The maximum Gasteiger partial charge on any atom is 0.325 e. The Bertz CT molecular complexity index is 756. The van der Waals surface area contributed by atoms with Gasteiger partial charge in [-0.15, -0.1) is 0 Å². The summed E-state index contributed by atoms with van der Waals surface area (Å²) in [7, 11) is 0. The van der Waals surface area contributed by atoms with Gasteiger partial charge in [-0.1, -0.05) is 18.2 Å². The van der Waals surface area contributed by atoms with Crippen LogP contribution in [0.1, 0.15) is 25.5 Å². The molecule has 2 aromatic rings. The Hall–Kier alpha value is -2.81. The third-order valence-corrected chi connectivity index (χ3v) is 3.86. The SMILES string of the molecule is C[C@@]1(c2cc3ccccc3o2)NC(=O)N(CCCC#N)C1=O. The van der Waals surface area contributed by atoms with Crippen molar-refractivity contribution in [1.82, 2.24) is 10.2 Å². The molecular weight excluding hydrogens is 282 g/mol. The summed E-state index contributed by atoms with van der Waals surface area (Å²) < 4.78 is 5.73. The van der Waals surface area contributed by atoms with Crippen LogP contribution in [0.3, 0.4) is 0 Å². The zero-order valence-electron chi connectivity index (χ0n) is 12.1. The summed E-state index contributed by atoms with van der Waals surface area (Å²) in [4.78, 5) is 25.8. The molecule has 0 bridgehead atoms. The zero-order chi connectivity index (χ0) is 15.7. The number of para-hydroxylation sites is 1. The quantitative estimate of drug-likeness (QED) is 0.694. The highest BCUT2D eigenvalue weighted by Gasteiger charge is 2.50. The number of carbonyl (C=O) groups excluding carboxylic acids is 2. The number of urea groups is 1. The fourth-order valence-corrected chi connectivity index (χ4v) is 2.61. The van der Waals surface area contributed by atoms with Crippen LogP contribution in [-0.2, 0) is 10.3 Å². The van der Waals surface area contributed by atoms with Crippen molar-refractivity contribution in [3.63, 3.8) is 0 Å². The number of nitrogens with one attached hydrogen (secondary N) is 1. The van der Waals surface area contributed by atoms with Crippen LogP contribution in [0.25, 0.3) is 11.0 Å². The van der Waals surface area contributed by atoms with E-state index in [1.807, 2.05) is 30.3 Å². The van der Waals surface area contributed by atoms with E-state index in [4.69, 9.17) is 9.68 Å². The minimum absolute atomic E-state index is 0.230. The van der Waals surface area contributed by atoms with E-state index in [1.54, 1.807) is 13.0 Å². The van der Waals surface area contributed by atoms with Gasteiger partial charge in [0.15, 0.2) is 5.54 Å². The van der Waals surface area contributed by atoms with E-state index in [1.165, 1.54) is 0 Å². The van der Waals surface area contributed by atoms with E-state index < -0.39 is 11.6 Å². The Morgan fingerprint density at radius 3 is 2.86 bits per heavy atom. The van der Waals surface area contributed by atoms with Gasteiger partial charge < -0.3 is 9.73 Å². The van der Waals surface area contributed by atoms with Crippen molar-refractivity contribution in [1.29, 1.82) is 5.26 Å². The molecular formula is C16H15N3O3. The molecule has 1 aliphatic heterocycles. The fraction of sp³-hybridized carbons (Fsp3) is 0.312. The number of fused-ring (bicyclic) bond motifs is 1. The molecule has 6 heteroatoms. The highest BCUT2D eigenvalue weighted by molar-refractivity contribution is 6.07. The van der Waals surface area contributed by atoms with Crippen molar-refractivity contribution in [2.24, 2.45) is 0 Å². The van der Waals surface area contributed by atoms with Crippen molar-refractivity contribution >= 4 is 22.9 Å². The van der Waals surface area contributed by atoms with Crippen molar-refractivity contribution in [3.8, 4) is 6.07 Å². The van der Waals surface area contributed by atoms with Gasteiger partial charge in [0.25, 0.3) is 5.91 Å². The molecule has 0 spiro atoms. The average Bonchev–Trinajstić information content (AvgIpc) is 3.03. The first-order valence-electron chi connectivity index (χ1n) is 7.06. The summed E-state index contributed by atoms with van der Waals surface area (Å²) in [6.45, 7) is 1.86. The first-order chi connectivity index (χ1) is 10.6. The number of carbonyl (C=O) groups is 2. The number of nitriles is 1. The Labute approximate surface area is 127 Å². The van der Waals surface area contributed by atoms with E-state index in [-0.39, 0.29) is 12.5 Å². The van der Waals surface area contributed by atoms with Gasteiger partial charge in [-0.25, -0.2) is 4.79 Å². The summed E-state index contributed by atoms with van der Waals surface area (Å²) in [6, 6.07) is 10.8. The third kappa shape index (κ3) is 2.11. The number of imide groups is 1. The van der Waals surface area contributed by atoms with Gasteiger partial charge in [-0.05, 0) is 25.5 Å². The van der Waals surface area contributed by atoms with Crippen molar-refractivity contribution in [2.45, 2.75) is 25.3 Å². The molecule has 112 valence electrons. The monoisotopic (exact) mass is 297 g/mol. The summed E-state index contributed by atoms with van der Waals surface area (Å²) >= 11 is 0. The van der Waals surface area contributed by atoms with Gasteiger partial charge in [-0.3, -0.25) is 9.69 Å². The highest BCUT2D eigenvalue weighted by Crippen LogP contribution is 2.33. The van der Waals surface area contributed by atoms with Gasteiger partial charge >= 0.3 is 6.03 Å². The summed E-state index contributed by atoms with van der Waals surface area (Å²) in [5, 5.41) is 12.1. The smallest absolute Gasteiger partial charge is 0.325 e. The molecule has 3 amide bonds. The lowest BCUT2D eigenvalue weighted by Crippen LogP contribution is -2.40. The standard InChI is InChI=1S/C16H15N3O3/c1-16(13-10-11-6-2-3-7-12(11)22-13)14(20)19(15(21)18-16)9-5-4-8-17/h2-3,6-7,10H,4-5,9H2,1H3,(H,18,21)/t16-/m0/s1. The molecule has 1 saturated heterocycles. The number of unbranched alkanes of at least 4 members (excludes halogenated alkanes) is 1. The Morgan fingerprint density at radius 2 is 2.14 bits per heavy atom. The van der Waals surface area contributed by atoms with Crippen LogP contribution in [-0.4, -0.2) is 23.4 Å². The molecule has 1 atom stereocenters. The molecule has 0 radical (unpaired) electrons. The Balaban J connectivity index is 1.91. The minimum atomic E-state index is -1.21. The van der Waals surface area contributed by atoms with E-state index in [0.29, 0.717) is 24.2 Å². The topological polar surface area (TPSA) is 86.3 Å². The number of hydrogen-bond acceptors (Lipinski definition) is 4. The molecule has 1 aliphatic rings. The Morgan fingerprint density at radius 1 is 1.36 bits per heavy atom. The molecule has 6 nitrogen and oxygen atoms in total. The van der Waals surface area contributed by atoms with Crippen LogP contribution in [0.2, 0.25) is 0 Å². The van der Waals surface area contributed by atoms with E-state index in [2.05, 4.69) is 5.32 Å². The molecule has 22 heavy (non-hydrogen) atoms. The van der Waals surface area contributed by atoms with Crippen molar-refractivity contribution in [2.75, 3.05) is 6.54 Å². The molecule has 0 unspecified atom stereocenters. The molecule has 2 heterocycles. The number of nitrogens with zero attached hydrogens (tertiary/aromatic N) is 2. The summed E-state index contributed by atoms with van der Waals surface area (Å²) in [5.41, 5.74) is -0.536. The number of rotatable bonds is 4. The molecule has 0 saturated carbocycles. The second-order valence-electron chi connectivity index (χ2n) is 5.42. The van der Waals surface area contributed by atoms with Crippen LogP contribution in [0.4, 0.5) is 4.79 Å². The number of benzene rings is 1. The lowest BCUT2D eigenvalue weighted by Gasteiger charge is -2.18. The maximum absolute atomic E-state index is 12.6. The maximum atomic E-state index is 12.6. The van der Waals surface area contributed by atoms with Gasteiger partial charge in [-0.2, -0.15) is 5.26 Å². The predicted molar refractivity (Wildman–Crippen MR) is 78.7 cm³/mol. The lowest BCUT2D eigenvalue weighted by atomic mass is 9.99. The Kier molecular flexibility index (Phi) is 3.33. The predicted octanol–water partition coefficient (Wildman–Crippen LogP) is 2.50. The zero-order valence-corrected chi connectivity index (χ0v) is 12.1. The molecule has 1 aromatic carbocycles. The number of furan rings is 1. The van der Waals surface area contributed by atoms with Crippen LogP contribution in [0, 0.1) is 11.3 Å². The van der Waals surface area contributed by atoms with Gasteiger partial charge in [0.1, 0.15) is 11.3 Å². The number of amides is 3. The summed E-state index contributed by atoms with van der Waals surface area (Å²) in [5.74, 6) is 0.0596. The van der Waals surface area contributed by atoms with Crippen molar-refractivity contribution in [3.05, 3.63) is 36.1 Å². The number of hydrogen-bond donors (Lipinski definition) is 1. The molecule has 3 rings (SSSR count). The first-order valence-corrected chi connectivity index (χ1v) is 7.06. The van der Waals surface area contributed by atoms with Crippen molar-refractivity contribution < 1.29 is 14.0 Å². The van der Waals surface area contributed by atoms with Gasteiger partial charge in [0, 0.05) is 18.4 Å². The minimum Gasteiger partial charge on any atom is -0.458 e. The first kappa shape index (κ1) is 14.1. The van der Waals surface area contributed by atoms with Crippen LogP contribution >= 0.6 is 0 Å². The third-order valence-electron chi connectivity index (χ3n) is 3.86. The van der Waals surface area contributed by atoms with E-state index in [9.17, 15) is 9.59 Å². The summed E-state index contributed by atoms with van der Waals surface area (Å²) in [6.07, 6.45) is 0.768. The van der Waals surface area contributed by atoms with Crippen LogP contribution in [0.5, 0.6) is 0 Å². The van der Waals surface area contributed by atoms with E-state index in [0.717, 1.165) is 10.3 Å². The largest absolute Gasteiger partial charge is 0.458 e. The van der Waals surface area contributed by atoms with Crippen LogP contribution in [0.15, 0.2) is 34.7 Å². The molecule has 1 fully saturated rings. The van der Waals surface area contributed by atoms with Gasteiger partial charge in [0.05, 0.1) is 6.07 Å². The lowest BCUT2D eigenvalue weighted by molar-refractivity contribution is -0.131.